The summed E-state index contributed by atoms with van der Waals surface area (Å²) in [6.07, 6.45) is 0. The summed E-state index contributed by atoms with van der Waals surface area (Å²) < 4.78 is 21.0. The van der Waals surface area contributed by atoms with E-state index in [9.17, 15) is 18.8 Å². The number of rotatable bonds is 6. The molecule has 1 N–H and O–H groups in total. The van der Waals surface area contributed by atoms with Crippen molar-refractivity contribution in [2.24, 2.45) is 0 Å². The van der Waals surface area contributed by atoms with E-state index in [0.29, 0.717) is 11.4 Å². The van der Waals surface area contributed by atoms with Crippen molar-refractivity contribution >= 4 is 5.91 Å². The fraction of sp³-hybridized carbons (Fsp3) is 0.238. The molecule has 0 bridgehead atoms. The Balaban J connectivity index is 2.21. The SMILES string of the molecule is COc1ccc(-n2nc(C(=O)NC(C)C)c(=O)n(Cc3ccccc3F)c2=O)cc1. The first-order valence-corrected chi connectivity index (χ1v) is 9.24. The largest absolute Gasteiger partial charge is 0.497 e. The number of hydrogen-bond acceptors (Lipinski definition) is 5. The van der Waals surface area contributed by atoms with Crippen LogP contribution < -0.4 is 21.3 Å². The molecule has 156 valence electrons. The molecule has 1 aromatic heterocycles. The molecule has 0 aliphatic heterocycles. The van der Waals surface area contributed by atoms with Crippen LogP contribution in [0.5, 0.6) is 5.75 Å². The van der Waals surface area contributed by atoms with Gasteiger partial charge in [-0.05, 0) is 44.2 Å². The summed E-state index contributed by atoms with van der Waals surface area (Å²) in [5.74, 6) is -0.728. The zero-order chi connectivity index (χ0) is 21.8. The molecule has 3 rings (SSSR count). The molecule has 0 aliphatic rings. The van der Waals surface area contributed by atoms with Gasteiger partial charge in [0.15, 0.2) is 0 Å². The van der Waals surface area contributed by atoms with Gasteiger partial charge in [-0.3, -0.25) is 14.2 Å². The van der Waals surface area contributed by atoms with Crippen LogP contribution in [0.25, 0.3) is 5.69 Å². The molecule has 1 amide bonds. The number of aromatic nitrogens is 3. The Labute approximate surface area is 171 Å². The zero-order valence-electron chi connectivity index (χ0n) is 16.8. The van der Waals surface area contributed by atoms with Gasteiger partial charge in [-0.15, -0.1) is 0 Å². The molecule has 0 saturated carbocycles. The molecule has 0 saturated heterocycles. The van der Waals surface area contributed by atoms with Crippen molar-refractivity contribution < 1.29 is 13.9 Å². The highest BCUT2D eigenvalue weighted by Crippen LogP contribution is 2.13. The van der Waals surface area contributed by atoms with Crippen LogP contribution in [0.1, 0.15) is 29.9 Å². The van der Waals surface area contributed by atoms with E-state index < -0.39 is 28.7 Å². The molecular formula is C21H21FN4O4. The number of ether oxygens (including phenoxy) is 1. The van der Waals surface area contributed by atoms with Crippen molar-refractivity contribution in [1.29, 1.82) is 0 Å². The van der Waals surface area contributed by atoms with Crippen LogP contribution in [0.2, 0.25) is 0 Å². The highest BCUT2D eigenvalue weighted by atomic mass is 19.1. The molecule has 3 aromatic rings. The molecule has 2 aromatic carbocycles. The summed E-state index contributed by atoms with van der Waals surface area (Å²) >= 11 is 0. The second-order valence-electron chi connectivity index (χ2n) is 6.85. The summed E-state index contributed by atoms with van der Waals surface area (Å²) in [6.45, 7) is 3.12. The standard InChI is InChI=1S/C21H21FN4O4/c1-13(2)23-19(27)18-20(28)25(12-14-6-4-5-7-17(14)22)21(29)26(24-18)15-8-10-16(30-3)11-9-15/h4-11,13H,12H2,1-3H3,(H,23,27). The molecule has 8 nitrogen and oxygen atoms in total. The maximum atomic E-state index is 14.1. The number of carbonyl (C=O) groups excluding carboxylic acids is 1. The summed E-state index contributed by atoms with van der Waals surface area (Å²) in [7, 11) is 1.50. The van der Waals surface area contributed by atoms with E-state index >= 15 is 0 Å². The predicted octanol–water partition coefficient (Wildman–Crippen LogP) is 1.73. The zero-order valence-corrected chi connectivity index (χ0v) is 16.8. The number of benzene rings is 2. The van der Waals surface area contributed by atoms with E-state index in [1.165, 1.54) is 25.3 Å². The van der Waals surface area contributed by atoms with Crippen molar-refractivity contribution in [3.05, 3.63) is 86.4 Å². The van der Waals surface area contributed by atoms with Crippen molar-refractivity contribution in [2.75, 3.05) is 7.11 Å². The third-order valence-corrected chi connectivity index (χ3v) is 4.30. The monoisotopic (exact) mass is 412 g/mol. The Kier molecular flexibility index (Phi) is 6.10. The molecule has 30 heavy (non-hydrogen) atoms. The van der Waals surface area contributed by atoms with Crippen LogP contribution in [0.3, 0.4) is 0 Å². The summed E-state index contributed by atoms with van der Waals surface area (Å²) in [4.78, 5) is 38.5. The normalized spacial score (nSPS) is 10.8. The number of methoxy groups -OCH3 is 1. The van der Waals surface area contributed by atoms with Gasteiger partial charge in [-0.1, -0.05) is 18.2 Å². The van der Waals surface area contributed by atoms with Crippen molar-refractivity contribution in [3.63, 3.8) is 0 Å². The van der Waals surface area contributed by atoms with E-state index in [4.69, 9.17) is 4.74 Å². The first kappa shape index (κ1) is 21.0. The lowest BCUT2D eigenvalue weighted by molar-refractivity contribution is 0.0933. The van der Waals surface area contributed by atoms with E-state index in [2.05, 4.69) is 10.4 Å². The maximum Gasteiger partial charge on any atom is 0.352 e. The van der Waals surface area contributed by atoms with Crippen LogP contribution in [-0.2, 0) is 6.54 Å². The van der Waals surface area contributed by atoms with Crippen LogP contribution in [-0.4, -0.2) is 33.4 Å². The number of nitrogens with one attached hydrogen (secondary N) is 1. The van der Waals surface area contributed by atoms with Gasteiger partial charge in [0, 0.05) is 11.6 Å². The number of carbonyl (C=O) groups is 1. The second kappa shape index (κ2) is 8.73. The molecular weight excluding hydrogens is 391 g/mol. The lowest BCUT2D eigenvalue weighted by atomic mass is 10.2. The third kappa shape index (κ3) is 4.29. The molecule has 0 fully saturated rings. The van der Waals surface area contributed by atoms with Gasteiger partial charge >= 0.3 is 5.69 Å². The van der Waals surface area contributed by atoms with E-state index in [0.717, 1.165) is 9.25 Å². The summed E-state index contributed by atoms with van der Waals surface area (Å²) in [6, 6.07) is 11.9. The van der Waals surface area contributed by atoms with Gasteiger partial charge in [-0.2, -0.15) is 9.78 Å². The van der Waals surface area contributed by atoms with E-state index in [1.54, 1.807) is 44.2 Å². The van der Waals surface area contributed by atoms with Gasteiger partial charge in [0.1, 0.15) is 11.6 Å². The van der Waals surface area contributed by atoms with Gasteiger partial charge in [0.05, 0.1) is 19.3 Å². The first-order valence-electron chi connectivity index (χ1n) is 9.24. The average molecular weight is 412 g/mol. The van der Waals surface area contributed by atoms with E-state index in [-0.39, 0.29) is 18.2 Å². The molecule has 1 heterocycles. The van der Waals surface area contributed by atoms with Gasteiger partial charge < -0.3 is 10.1 Å². The number of halogens is 1. The Morgan fingerprint density at radius 3 is 2.40 bits per heavy atom. The number of hydrogen-bond donors (Lipinski definition) is 1. The van der Waals surface area contributed by atoms with Crippen LogP contribution in [0.4, 0.5) is 4.39 Å². The molecule has 0 spiro atoms. The smallest absolute Gasteiger partial charge is 0.352 e. The lowest BCUT2D eigenvalue weighted by Gasteiger charge is -2.14. The minimum atomic E-state index is -0.897. The van der Waals surface area contributed by atoms with Crippen LogP contribution >= 0.6 is 0 Å². The molecule has 9 heteroatoms. The molecule has 0 unspecified atom stereocenters. The first-order chi connectivity index (χ1) is 14.3. The Morgan fingerprint density at radius 1 is 1.13 bits per heavy atom. The number of nitrogens with zero attached hydrogens (tertiary/aromatic N) is 3. The van der Waals surface area contributed by atoms with Crippen molar-refractivity contribution in [1.82, 2.24) is 19.7 Å². The van der Waals surface area contributed by atoms with Crippen LogP contribution in [0, 0.1) is 5.82 Å². The minimum absolute atomic E-state index is 0.138. The Bertz CT molecular complexity index is 1180. The molecule has 0 aliphatic carbocycles. The van der Waals surface area contributed by atoms with Gasteiger partial charge in [0.2, 0.25) is 5.69 Å². The molecule has 0 radical (unpaired) electrons. The van der Waals surface area contributed by atoms with Crippen LogP contribution in [0.15, 0.2) is 58.1 Å². The number of amides is 1. The lowest BCUT2D eigenvalue weighted by Crippen LogP contribution is -2.46. The van der Waals surface area contributed by atoms with Crippen molar-refractivity contribution in [2.45, 2.75) is 26.4 Å². The maximum absolute atomic E-state index is 14.1. The van der Waals surface area contributed by atoms with Crippen molar-refractivity contribution in [3.8, 4) is 11.4 Å². The summed E-state index contributed by atoms with van der Waals surface area (Å²) in [5.41, 5.74) is -1.70. The topological polar surface area (TPSA) is 95.2 Å². The fourth-order valence-electron chi connectivity index (χ4n) is 2.82. The summed E-state index contributed by atoms with van der Waals surface area (Å²) in [5, 5.41) is 6.59. The minimum Gasteiger partial charge on any atom is -0.497 e. The predicted molar refractivity (Wildman–Crippen MR) is 109 cm³/mol. The highest BCUT2D eigenvalue weighted by molar-refractivity contribution is 5.91. The molecule has 0 atom stereocenters. The fourth-order valence-corrected chi connectivity index (χ4v) is 2.82. The van der Waals surface area contributed by atoms with Gasteiger partial charge in [-0.25, -0.2) is 9.18 Å². The van der Waals surface area contributed by atoms with E-state index in [1.807, 2.05) is 0 Å². The Hall–Kier alpha value is -3.75. The quantitative estimate of drug-likeness (QED) is 0.665. The Morgan fingerprint density at radius 2 is 1.80 bits per heavy atom. The highest BCUT2D eigenvalue weighted by Gasteiger charge is 2.21. The third-order valence-electron chi connectivity index (χ3n) is 4.30. The van der Waals surface area contributed by atoms with Gasteiger partial charge in [0.25, 0.3) is 11.5 Å². The second-order valence-corrected chi connectivity index (χ2v) is 6.85. The average Bonchev–Trinajstić information content (AvgIpc) is 2.72.